The van der Waals surface area contributed by atoms with Crippen molar-refractivity contribution >= 4 is 11.8 Å². The fraction of sp³-hybridized carbons (Fsp3) is 0.100. The molecule has 0 aromatic heterocycles. The van der Waals surface area contributed by atoms with Crippen LogP contribution in [0.3, 0.4) is 0 Å². The van der Waals surface area contributed by atoms with E-state index in [1.54, 1.807) is 55.0 Å². The van der Waals surface area contributed by atoms with Crippen LogP contribution >= 0.6 is 0 Å². The summed E-state index contributed by atoms with van der Waals surface area (Å²) in [6, 6.07) is 29.1. The first kappa shape index (κ1) is 24.0. The third-order valence-corrected chi connectivity index (χ3v) is 5.62. The molecule has 0 saturated carbocycles. The van der Waals surface area contributed by atoms with E-state index in [0.717, 1.165) is 36.0 Å². The Hall–Kier alpha value is -5.16. The van der Waals surface area contributed by atoms with E-state index in [9.17, 15) is 4.79 Å². The minimum absolute atomic E-state index is 0.516. The van der Waals surface area contributed by atoms with E-state index in [1.807, 2.05) is 36.4 Å². The predicted octanol–water partition coefficient (Wildman–Crippen LogP) is 6.15. The summed E-state index contributed by atoms with van der Waals surface area (Å²) in [6.07, 6.45) is 7.13. The van der Waals surface area contributed by atoms with Gasteiger partial charge in [-0.2, -0.15) is 4.99 Å². The van der Waals surface area contributed by atoms with Gasteiger partial charge in [0.15, 0.2) is 0 Å². The number of rotatable bonds is 9. The molecule has 0 unspecified atom stereocenters. The van der Waals surface area contributed by atoms with Crippen LogP contribution in [0.15, 0.2) is 96.0 Å². The Morgan fingerprint density at radius 3 is 1.25 bits per heavy atom. The van der Waals surface area contributed by atoms with Crippen molar-refractivity contribution in [2.24, 2.45) is 4.99 Å². The van der Waals surface area contributed by atoms with Crippen LogP contribution in [0.25, 0.3) is 0 Å². The summed E-state index contributed by atoms with van der Waals surface area (Å²) >= 11 is 0. The first-order valence-electron chi connectivity index (χ1n) is 11.2. The van der Waals surface area contributed by atoms with Crippen molar-refractivity contribution in [3.8, 4) is 24.0 Å². The highest BCUT2D eigenvalue weighted by Crippen LogP contribution is 2.23. The van der Waals surface area contributed by atoms with Crippen molar-refractivity contribution in [3.63, 3.8) is 0 Å². The number of hydrogen-bond acceptors (Lipinski definition) is 6. The van der Waals surface area contributed by atoms with E-state index in [1.165, 1.54) is 16.7 Å². The van der Waals surface area contributed by atoms with Gasteiger partial charge >= 0.3 is 0 Å². The van der Waals surface area contributed by atoms with Gasteiger partial charge in [0.1, 0.15) is 11.5 Å². The number of benzene rings is 4. The van der Waals surface area contributed by atoms with Gasteiger partial charge in [-0.25, -0.2) is 4.79 Å². The van der Waals surface area contributed by atoms with Crippen molar-refractivity contribution in [1.29, 1.82) is 10.5 Å². The Bertz CT molecular complexity index is 1380. The van der Waals surface area contributed by atoms with Gasteiger partial charge in [0.05, 0.1) is 5.69 Å². The zero-order valence-corrected chi connectivity index (χ0v) is 19.3. The van der Waals surface area contributed by atoms with E-state index in [2.05, 4.69) is 23.2 Å². The molecular weight excluding hydrogens is 450 g/mol. The van der Waals surface area contributed by atoms with E-state index in [0.29, 0.717) is 17.2 Å². The van der Waals surface area contributed by atoms with Crippen molar-refractivity contribution < 1.29 is 14.3 Å². The van der Waals surface area contributed by atoms with Crippen LogP contribution in [-0.4, -0.2) is 6.08 Å². The van der Waals surface area contributed by atoms with Crippen LogP contribution in [0.1, 0.15) is 33.4 Å². The highest BCUT2D eigenvalue weighted by molar-refractivity contribution is 5.49. The summed E-state index contributed by atoms with van der Waals surface area (Å²) in [6.45, 7) is 0. The van der Waals surface area contributed by atoms with Crippen LogP contribution in [0.2, 0.25) is 0 Å². The number of carbonyl (C=O) groups excluding carboxylic acids is 1. The smallest absolute Gasteiger partial charge is 0.292 e. The van der Waals surface area contributed by atoms with Gasteiger partial charge in [0.25, 0.3) is 12.5 Å². The molecule has 6 nitrogen and oxygen atoms in total. The number of ether oxygens (including phenoxy) is 2. The number of isocyanates is 1. The number of nitrogens with zero attached hydrogens (tertiary/aromatic N) is 3. The molecule has 0 radical (unpaired) electrons. The predicted molar refractivity (Wildman–Crippen MR) is 134 cm³/mol. The van der Waals surface area contributed by atoms with Crippen LogP contribution in [-0.2, 0) is 24.1 Å². The molecule has 0 aliphatic rings. The Kier molecular flexibility index (Phi) is 7.87. The van der Waals surface area contributed by atoms with Crippen molar-refractivity contribution in [2.45, 2.75) is 19.3 Å². The lowest BCUT2D eigenvalue weighted by Crippen LogP contribution is -1.98. The summed E-state index contributed by atoms with van der Waals surface area (Å²) in [5.74, 6) is 1.03. The second-order valence-electron chi connectivity index (χ2n) is 8.23. The first-order valence-corrected chi connectivity index (χ1v) is 11.2. The van der Waals surface area contributed by atoms with E-state index < -0.39 is 0 Å². The molecule has 6 heteroatoms. The van der Waals surface area contributed by atoms with Crippen molar-refractivity contribution in [1.82, 2.24) is 0 Å². The monoisotopic (exact) mass is 471 g/mol. The molecule has 0 aliphatic heterocycles. The molecule has 0 fully saturated rings. The molecule has 0 amide bonds. The van der Waals surface area contributed by atoms with E-state index in [4.69, 9.17) is 20.0 Å². The average molecular weight is 472 g/mol. The lowest BCUT2D eigenvalue weighted by molar-refractivity contribution is 0.506. The highest BCUT2D eigenvalue weighted by Gasteiger charge is 2.07. The SMILES string of the molecule is N#COc1ccc(Cc2cc(Cc3ccc(N=C=O)cc3)cc(Cc3ccc(OC#N)cc3)c2)cc1. The molecule has 0 N–H and O–H groups in total. The standard InChI is InChI=1S/C30H21N3O3/c31-19-35-29-9-3-23(4-10-29)14-26-16-25(13-22-1-7-28(8-2-22)33-21-34)17-27(18-26)15-24-5-11-30(12-6-24)36-20-32/h1-12,16-18H,13-15H2. The minimum Gasteiger partial charge on any atom is -0.388 e. The maximum Gasteiger partial charge on any atom is 0.292 e. The maximum absolute atomic E-state index is 10.5. The van der Waals surface area contributed by atoms with Gasteiger partial charge in [-0.05, 0) is 89.0 Å². The van der Waals surface area contributed by atoms with E-state index in [-0.39, 0.29) is 0 Å². The molecule has 4 aromatic carbocycles. The second kappa shape index (κ2) is 11.8. The molecule has 0 atom stereocenters. The van der Waals surface area contributed by atoms with E-state index >= 15 is 0 Å². The summed E-state index contributed by atoms with van der Waals surface area (Å²) in [5, 5.41) is 17.4. The van der Waals surface area contributed by atoms with Gasteiger partial charge in [0.2, 0.25) is 6.08 Å². The molecule has 4 aromatic rings. The van der Waals surface area contributed by atoms with Gasteiger partial charge in [-0.3, -0.25) is 0 Å². The first-order chi connectivity index (χ1) is 17.6. The molecule has 4 rings (SSSR count). The normalized spacial score (nSPS) is 9.94. The third-order valence-electron chi connectivity index (χ3n) is 5.62. The van der Waals surface area contributed by atoms with Crippen molar-refractivity contribution in [2.75, 3.05) is 0 Å². The van der Waals surface area contributed by atoms with Gasteiger partial charge < -0.3 is 9.47 Å². The average Bonchev–Trinajstić information content (AvgIpc) is 2.88. The summed E-state index contributed by atoms with van der Waals surface area (Å²) in [4.78, 5) is 14.1. The fourth-order valence-electron chi connectivity index (χ4n) is 4.05. The van der Waals surface area contributed by atoms with Crippen LogP contribution in [0.4, 0.5) is 5.69 Å². The molecule has 174 valence electrons. The number of nitriles is 2. The molecular formula is C30H21N3O3. The van der Waals surface area contributed by atoms with Crippen LogP contribution in [0.5, 0.6) is 11.5 Å². The third kappa shape index (κ3) is 6.68. The summed E-state index contributed by atoms with van der Waals surface area (Å²) in [7, 11) is 0. The van der Waals surface area contributed by atoms with Crippen LogP contribution in [0, 0.1) is 23.0 Å². The minimum atomic E-state index is 0.516. The molecule has 0 heterocycles. The quantitative estimate of drug-likeness (QED) is 0.166. The van der Waals surface area contributed by atoms with Gasteiger partial charge in [-0.15, -0.1) is 10.5 Å². The Labute approximate surface area is 209 Å². The second-order valence-corrected chi connectivity index (χ2v) is 8.23. The highest BCUT2D eigenvalue weighted by atomic mass is 16.5. The molecule has 0 aliphatic carbocycles. The Balaban J connectivity index is 1.60. The summed E-state index contributed by atoms with van der Waals surface area (Å²) < 4.78 is 9.76. The topological polar surface area (TPSA) is 95.5 Å². The number of hydrogen-bond donors (Lipinski definition) is 0. The van der Waals surface area contributed by atoms with Gasteiger partial charge in [0, 0.05) is 0 Å². The summed E-state index contributed by atoms with van der Waals surface area (Å²) in [5.41, 5.74) is 7.42. The Morgan fingerprint density at radius 2 is 0.917 bits per heavy atom. The lowest BCUT2D eigenvalue weighted by Gasteiger charge is -2.12. The van der Waals surface area contributed by atoms with Gasteiger partial charge in [-0.1, -0.05) is 54.6 Å². The lowest BCUT2D eigenvalue weighted by atomic mass is 9.94. The number of aliphatic imine (C=N–C) groups is 1. The molecule has 36 heavy (non-hydrogen) atoms. The zero-order chi connectivity index (χ0) is 25.2. The van der Waals surface area contributed by atoms with Crippen molar-refractivity contribution in [3.05, 3.63) is 124 Å². The molecule has 0 saturated heterocycles. The van der Waals surface area contributed by atoms with Crippen LogP contribution < -0.4 is 9.47 Å². The maximum atomic E-state index is 10.5. The largest absolute Gasteiger partial charge is 0.388 e. The zero-order valence-electron chi connectivity index (χ0n) is 19.3. The molecule has 0 bridgehead atoms. The molecule has 0 spiro atoms. The Morgan fingerprint density at radius 1 is 0.556 bits per heavy atom. The fourth-order valence-corrected chi connectivity index (χ4v) is 4.05.